The number of para-hydroxylation sites is 1. The fourth-order valence-electron chi connectivity index (χ4n) is 4.31. The molecule has 1 fully saturated rings. The zero-order valence-electron chi connectivity index (χ0n) is 19.0. The van der Waals surface area contributed by atoms with Crippen LogP contribution in [0, 0.1) is 23.1 Å². The van der Waals surface area contributed by atoms with Crippen LogP contribution in [0.1, 0.15) is 12.0 Å². The summed E-state index contributed by atoms with van der Waals surface area (Å²) in [5.74, 6) is -3.80. The Kier molecular flexibility index (Phi) is 6.76. The molecule has 13 heteroatoms. The monoisotopic (exact) mass is 517 g/mol. The summed E-state index contributed by atoms with van der Waals surface area (Å²) in [7, 11) is 0. The highest BCUT2D eigenvalue weighted by Crippen LogP contribution is 2.31. The molecule has 9 nitrogen and oxygen atoms in total. The number of likely N-dealkylation sites (tertiary alicyclic amines) is 1. The third-order valence-electron chi connectivity index (χ3n) is 5.94. The molecule has 37 heavy (non-hydrogen) atoms. The Morgan fingerprint density at radius 3 is 2.57 bits per heavy atom. The molecule has 0 radical (unpaired) electrons. The van der Waals surface area contributed by atoms with Crippen LogP contribution < -0.4 is 15.8 Å². The number of ether oxygens (including phenoxy) is 1. The topological polar surface area (TPSA) is 130 Å². The molecule has 0 unspecified atom stereocenters. The summed E-state index contributed by atoms with van der Waals surface area (Å²) in [6.45, 7) is -0.104. The van der Waals surface area contributed by atoms with Crippen molar-refractivity contribution in [1.82, 2.24) is 9.47 Å². The maximum Gasteiger partial charge on any atom is 0.573 e. The molecule has 1 aromatic heterocycles. The molecule has 1 saturated heterocycles. The van der Waals surface area contributed by atoms with Crippen molar-refractivity contribution >= 4 is 34.4 Å². The Morgan fingerprint density at radius 1 is 1.16 bits per heavy atom. The molecular formula is C24H19F4N5O4. The summed E-state index contributed by atoms with van der Waals surface area (Å²) < 4.78 is 57.0. The summed E-state index contributed by atoms with van der Waals surface area (Å²) in [4.78, 5) is 39.1. The second-order valence-corrected chi connectivity index (χ2v) is 8.35. The number of nitrogens with one attached hydrogen (secondary N) is 1. The van der Waals surface area contributed by atoms with Crippen LogP contribution in [0.3, 0.4) is 0 Å². The van der Waals surface area contributed by atoms with Crippen LogP contribution in [0.2, 0.25) is 0 Å². The van der Waals surface area contributed by atoms with Gasteiger partial charge in [-0.25, -0.2) is 14.0 Å². The molecule has 0 saturated carbocycles. The van der Waals surface area contributed by atoms with Gasteiger partial charge in [-0.3, -0.25) is 9.36 Å². The number of nitriles is 1. The second-order valence-electron chi connectivity index (χ2n) is 8.35. The largest absolute Gasteiger partial charge is 0.573 e. The van der Waals surface area contributed by atoms with Gasteiger partial charge in [-0.1, -0.05) is 30.3 Å². The number of nitrogens with two attached hydrogens (primary N) is 1. The molecule has 1 aliphatic rings. The van der Waals surface area contributed by atoms with E-state index >= 15 is 0 Å². The quantitative estimate of drug-likeness (QED) is 0.491. The number of halogens is 4. The Morgan fingerprint density at radius 2 is 1.89 bits per heavy atom. The van der Waals surface area contributed by atoms with E-state index in [1.54, 1.807) is 24.3 Å². The number of nitrogens with zero attached hydrogens (tertiary/aromatic N) is 3. The van der Waals surface area contributed by atoms with Crippen molar-refractivity contribution in [2.45, 2.75) is 25.2 Å². The van der Waals surface area contributed by atoms with Crippen LogP contribution >= 0.6 is 0 Å². The number of primary amides is 1. The average Bonchev–Trinajstić information content (AvgIpc) is 3.43. The number of rotatable bonds is 5. The predicted octanol–water partition coefficient (Wildman–Crippen LogP) is 4.16. The molecular weight excluding hydrogens is 498 g/mol. The van der Waals surface area contributed by atoms with Crippen LogP contribution in [-0.2, 0) is 11.2 Å². The van der Waals surface area contributed by atoms with Gasteiger partial charge in [0.25, 0.3) is 0 Å². The van der Waals surface area contributed by atoms with E-state index < -0.39 is 54.2 Å². The van der Waals surface area contributed by atoms with Gasteiger partial charge in [0, 0.05) is 24.5 Å². The van der Waals surface area contributed by atoms with Crippen molar-refractivity contribution in [2.24, 2.45) is 11.7 Å². The number of amides is 3. The number of hydrogen-bond donors (Lipinski definition) is 2. The van der Waals surface area contributed by atoms with Crippen LogP contribution in [0.15, 0.2) is 48.7 Å². The van der Waals surface area contributed by atoms with Gasteiger partial charge in [0.15, 0.2) is 17.3 Å². The lowest BCUT2D eigenvalue weighted by Gasteiger charge is -2.24. The predicted molar refractivity (Wildman–Crippen MR) is 122 cm³/mol. The lowest BCUT2D eigenvalue weighted by molar-refractivity contribution is -0.275. The Bertz CT molecular complexity index is 1430. The first-order valence-corrected chi connectivity index (χ1v) is 10.9. The minimum atomic E-state index is -5.12. The maximum atomic E-state index is 14.6. The molecule has 192 valence electrons. The average molecular weight is 517 g/mol. The molecule has 2 heterocycles. The van der Waals surface area contributed by atoms with Crippen molar-refractivity contribution in [3.8, 4) is 11.8 Å². The Balaban J connectivity index is 1.57. The van der Waals surface area contributed by atoms with Crippen molar-refractivity contribution < 1.29 is 36.7 Å². The first kappa shape index (κ1) is 25.5. The number of Topliss-reactive ketones (excluding diaryl/α,β-unsaturated/α-hetero) is 1. The first-order valence-electron chi connectivity index (χ1n) is 10.9. The van der Waals surface area contributed by atoms with E-state index in [0.29, 0.717) is 10.9 Å². The van der Waals surface area contributed by atoms with Gasteiger partial charge in [0.1, 0.15) is 0 Å². The lowest BCUT2D eigenvalue weighted by Crippen LogP contribution is -2.43. The number of benzene rings is 2. The number of ketones is 1. The first-order chi connectivity index (χ1) is 17.5. The van der Waals surface area contributed by atoms with Crippen molar-refractivity contribution in [1.29, 1.82) is 5.26 Å². The number of carbonyl (C=O) groups excluding carboxylic acids is 3. The number of anilines is 1. The number of urea groups is 1. The standard InChI is InChI=1S/C24H19F4N5O4/c25-21-14(4-3-7-20(21)37-24(26,27)28)9-19(34)18-8-13(10-29)11-33(18)23(36)31-16-12-32(22(30)35)17-6-2-1-5-15(16)17/h1-7,12-13,18H,8-9,11H2,(H2,30,35)(H,31,36)/t13-,18+/m1/s1. The van der Waals surface area contributed by atoms with E-state index in [9.17, 15) is 37.2 Å². The zero-order chi connectivity index (χ0) is 26.9. The van der Waals surface area contributed by atoms with Gasteiger partial charge >= 0.3 is 18.4 Å². The van der Waals surface area contributed by atoms with Gasteiger partial charge in [0.2, 0.25) is 0 Å². The summed E-state index contributed by atoms with van der Waals surface area (Å²) >= 11 is 0. The van der Waals surface area contributed by atoms with Crippen LogP contribution in [-0.4, -0.2) is 46.3 Å². The molecule has 3 aromatic rings. The van der Waals surface area contributed by atoms with Crippen molar-refractivity contribution in [3.05, 3.63) is 60.0 Å². The maximum absolute atomic E-state index is 14.6. The number of hydrogen-bond acceptors (Lipinski definition) is 5. The molecule has 0 spiro atoms. The minimum Gasteiger partial charge on any atom is -0.403 e. The van der Waals surface area contributed by atoms with Gasteiger partial charge in [-0.15, -0.1) is 13.2 Å². The van der Waals surface area contributed by atoms with E-state index in [1.807, 2.05) is 6.07 Å². The lowest BCUT2D eigenvalue weighted by atomic mass is 9.99. The fourth-order valence-corrected chi connectivity index (χ4v) is 4.31. The number of alkyl halides is 3. The Labute approximate surface area is 207 Å². The van der Waals surface area contributed by atoms with Crippen molar-refractivity contribution in [3.63, 3.8) is 0 Å². The molecule has 0 bridgehead atoms. The molecule has 2 aromatic carbocycles. The number of aromatic nitrogens is 1. The van der Waals surface area contributed by atoms with Crippen molar-refractivity contribution in [2.75, 3.05) is 11.9 Å². The molecule has 2 atom stereocenters. The molecule has 4 rings (SSSR count). The molecule has 3 amide bonds. The zero-order valence-corrected chi connectivity index (χ0v) is 19.0. The third kappa shape index (κ3) is 5.32. The second kappa shape index (κ2) is 9.81. The fraction of sp³-hybridized carbons (Fsp3) is 0.250. The SMILES string of the molecule is N#C[C@H]1C[C@@H](C(=O)Cc2cccc(OC(F)(F)F)c2F)N(C(=O)Nc2cn(C(N)=O)c3ccccc23)C1. The summed E-state index contributed by atoms with van der Waals surface area (Å²) in [5, 5.41) is 12.5. The van der Waals surface area contributed by atoms with Crippen LogP contribution in [0.5, 0.6) is 5.75 Å². The molecule has 0 aliphatic carbocycles. The van der Waals surface area contributed by atoms with E-state index in [1.165, 1.54) is 6.20 Å². The summed E-state index contributed by atoms with van der Waals surface area (Å²) in [6, 6.07) is 8.97. The number of carbonyl (C=O) groups is 3. The van der Waals surface area contributed by atoms with E-state index in [0.717, 1.165) is 27.7 Å². The van der Waals surface area contributed by atoms with Crippen LogP contribution in [0.25, 0.3) is 10.9 Å². The highest BCUT2D eigenvalue weighted by Gasteiger charge is 2.40. The number of fused-ring (bicyclic) bond motifs is 1. The smallest absolute Gasteiger partial charge is 0.403 e. The van der Waals surface area contributed by atoms with E-state index in [2.05, 4.69) is 10.1 Å². The molecule has 3 N–H and O–H groups in total. The Hall–Kier alpha value is -4.60. The normalized spacial score (nSPS) is 17.4. The molecule has 1 aliphatic heterocycles. The van der Waals surface area contributed by atoms with Gasteiger partial charge in [0.05, 0.1) is 29.2 Å². The van der Waals surface area contributed by atoms with E-state index in [-0.39, 0.29) is 24.2 Å². The van der Waals surface area contributed by atoms with Gasteiger partial charge in [-0.05, 0) is 24.1 Å². The summed E-state index contributed by atoms with van der Waals surface area (Å²) in [5.41, 5.74) is 5.71. The summed E-state index contributed by atoms with van der Waals surface area (Å²) in [6.07, 6.45) is -4.47. The van der Waals surface area contributed by atoms with Crippen LogP contribution in [0.4, 0.5) is 32.8 Å². The van der Waals surface area contributed by atoms with Gasteiger partial charge < -0.3 is 20.7 Å². The van der Waals surface area contributed by atoms with Gasteiger partial charge in [-0.2, -0.15) is 5.26 Å². The third-order valence-corrected chi connectivity index (χ3v) is 5.94. The van der Waals surface area contributed by atoms with E-state index in [4.69, 9.17) is 5.73 Å². The highest BCUT2D eigenvalue weighted by atomic mass is 19.4. The highest BCUT2D eigenvalue weighted by molar-refractivity contribution is 6.05. The minimum absolute atomic E-state index is 0.0356.